The largest absolute Gasteiger partial charge is 0.502 e. The van der Waals surface area contributed by atoms with Crippen LogP contribution in [-0.2, 0) is 14.3 Å². The summed E-state index contributed by atoms with van der Waals surface area (Å²) in [6.07, 6.45) is 19.0. The van der Waals surface area contributed by atoms with Crippen molar-refractivity contribution >= 4 is 24.0 Å². The van der Waals surface area contributed by atoms with E-state index in [2.05, 4.69) is 29.8 Å². The minimum Gasteiger partial charge on any atom is -0.502 e. The number of carbonyl (C=O) groups excluding carboxylic acids is 1. The zero-order valence-electron chi connectivity index (χ0n) is 27.7. The summed E-state index contributed by atoms with van der Waals surface area (Å²) in [5.74, 6) is 2.93. The number of rotatable bonds is 17. The van der Waals surface area contributed by atoms with E-state index in [9.17, 15) is 14.0 Å². The van der Waals surface area contributed by atoms with E-state index in [1.54, 1.807) is 0 Å². The van der Waals surface area contributed by atoms with Gasteiger partial charge in [0.1, 0.15) is 5.70 Å². The monoisotopic (exact) mass is 621 g/mol. The smallest absolute Gasteiger partial charge is 0.303 e. The Balaban J connectivity index is 0. The van der Waals surface area contributed by atoms with Crippen LogP contribution in [0.15, 0.2) is 39.0 Å². The zero-order chi connectivity index (χ0) is 34.0. The molecule has 9 nitrogen and oxygen atoms in total. The van der Waals surface area contributed by atoms with Gasteiger partial charge in [0, 0.05) is 19.1 Å². The first-order chi connectivity index (χ1) is 20.8. The van der Waals surface area contributed by atoms with Gasteiger partial charge in [-0.05, 0) is 76.9 Å². The van der Waals surface area contributed by atoms with E-state index in [0.717, 1.165) is 69.8 Å². The molecule has 1 aliphatic rings. The summed E-state index contributed by atoms with van der Waals surface area (Å²) in [7, 11) is 0. The van der Waals surface area contributed by atoms with E-state index in [0.29, 0.717) is 24.5 Å². The van der Waals surface area contributed by atoms with Crippen LogP contribution in [0.3, 0.4) is 0 Å². The lowest BCUT2D eigenvalue weighted by Crippen LogP contribution is -2.31. The molecule has 0 aromatic carbocycles. The van der Waals surface area contributed by atoms with Gasteiger partial charge in [-0.25, -0.2) is 9.79 Å². The highest BCUT2D eigenvalue weighted by molar-refractivity contribution is 5.99. The highest BCUT2D eigenvalue weighted by atomic mass is 19.1. The number of nitrogens with two attached hydrogens (primary N) is 1. The van der Waals surface area contributed by atoms with Crippen LogP contribution in [0, 0.1) is 18.3 Å². The fourth-order valence-corrected chi connectivity index (χ4v) is 3.77. The van der Waals surface area contributed by atoms with Crippen LogP contribution in [-0.4, -0.2) is 57.6 Å². The summed E-state index contributed by atoms with van der Waals surface area (Å²) in [5.41, 5.74) is 6.63. The van der Waals surface area contributed by atoms with Gasteiger partial charge >= 0.3 is 5.97 Å². The molecule has 1 saturated heterocycles. The first-order valence-electron chi connectivity index (χ1n) is 15.6. The number of carbonyl (C=O) groups is 1. The first-order valence-corrected chi connectivity index (χ1v) is 15.6. The Labute approximate surface area is 264 Å². The van der Waals surface area contributed by atoms with Crippen LogP contribution in [0.25, 0.3) is 0 Å². The molecular formula is C34H56FN3O6. The predicted molar refractivity (Wildman–Crippen MR) is 177 cm³/mol. The van der Waals surface area contributed by atoms with Crippen LogP contribution >= 0.6 is 0 Å². The Hall–Kier alpha value is -3.25. The summed E-state index contributed by atoms with van der Waals surface area (Å²) in [5, 5.41) is 26.0. The van der Waals surface area contributed by atoms with Crippen molar-refractivity contribution in [3.05, 3.63) is 29.1 Å². The molecule has 1 rings (SSSR count). The molecule has 1 heterocycles. The van der Waals surface area contributed by atoms with Gasteiger partial charge in [0.2, 0.25) is 5.95 Å². The van der Waals surface area contributed by atoms with Crippen LogP contribution in [0.5, 0.6) is 0 Å². The molecule has 0 aromatic heterocycles. The van der Waals surface area contributed by atoms with Crippen LogP contribution in [0.4, 0.5) is 4.39 Å². The minimum absolute atomic E-state index is 0.0617. The molecule has 0 amide bonds. The number of hydrogen-bond donors (Lipinski definition) is 4. The molecule has 250 valence electrons. The lowest BCUT2D eigenvalue weighted by molar-refractivity contribution is -0.137. The molecule has 10 heteroatoms. The number of aliphatic hydroxyl groups excluding tert-OH is 2. The van der Waals surface area contributed by atoms with Gasteiger partial charge in [-0.1, -0.05) is 58.8 Å². The fourth-order valence-electron chi connectivity index (χ4n) is 3.77. The molecule has 0 spiro atoms. The molecular weight excluding hydrogens is 565 g/mol. The molecule has 44 heavy (non-hydrogen) atoms. The lowest BCUT2D eigenvalue weighted by atomic mass is 10.0. The van der Waals surface area contributed by atoms with Crippen molar-refractivity contribution < 1.29 is 34.0 Å². The average Bonchev–Trinajstić information content (AvgIpc) is 3.38. The van der Waals surface area contributed by atoms with E-state index >= 15 is 0 Å². The summed E-state index contributed by atoms with van der Waals surface area (Å²) >= 11 is 0. The highest BCUT2D eigenvalue weighted by Crippen LogP contribution is 2.28. The summed E-state index contributed by atoms with van der Waals surface area (Å²) < 4.78 is 18.8. The minimum atomic E-state index is -0.740. The number of allylic oxidation sites excluding steroid dienone is 3. The molecule has 0 aliphatic carbocycles. The third kappa shape index (κ3) is 22.3. The summed E-state index contributed by atoms with van der Waals surface area (Å²) in [6.45, 7) is 11.8. The standard InChI is InChI=1S/C15H26FN3.C11H18O4.C8H12O2/c1-6-8-9-13(16)19-15(17)14(11(3)4)18-10-12(5)7-2;12-9-10(13)7-5-3-1-2-4-6-8-11(14)15;1-3-8(6-9)5-4-7(2)10-8/h9-10,12H,6-8H2,1-5H3,(H2,17,19);13H,1-8H2,(H,14,15);1,7,9H,4-6H2,2H3/b13-9+,18-10?;;. The normalized spacial score (nSPS) is 18.7. The van der Waals surface area contributed by atoms with E-state index in [-0.39, 0.29) is 30.7 Å². The van der Waals surface area contributed by atoms with Crippen molar-refractivity contribution in [3.8, 4) is 12.3 Å². The third-order valence-corrected chi connectivity index (χ3v) is 6.72. The maximum Gasteiger partial charge on any atom is 0.303 e. The van der Waals surface area contributed by atoms with Gasteiger partial charge in [-0.15, -0.1) is 6.42 Å². The van der Waals surface area contributed by atoms with Gasteiger partial charge in [-0.3, -0.25) is 9.79 Å². The van der Waals surface area contributed by atoms with Crippen molar-refractivity contribution in [3.63, 3.8) is 0 Å². The molecule has 5 N–H and O–H groups in total. The Kier molecular flexibility index (Phi) is 25.5. The Morgan fingerprint density at radius 2 is 1.75 bits per heavy atom. The van der Waals surface area contributed by atoms with Gasteiger partial charge in [0.25, 0.3) is 0 Å². The van der Waals surface area contributed by atoms with Crippen molar-refractivity contribution in [1.82, 2.24) is 0 Å². The average molecular weight is 622 g/mol. The number of aliphatic imine (C=N–C) groups is 2. The number of hydrogen-bond acceptors (Lipinski definition) is 7. The zero-order valence-corrected chi connectivity index (χ0v) is 27.7. The van der Waals surface area contributed by atoms with Gasteiger partial charge < -0.3 is 25.8 Å². The summed E-state index contributed by atoms with van der Waals surface area (Å²) in [4.78, 5) is 28.2. The second-order valence-electron chi connectivity index (χ2n) is 11.2. The molecule has 0 aromatic rings. The van der Waals surface area contributed by atoms with E-state index < -0.39 is 17.5 Å². The molecule has 1 fully saturated rings. The number of terminal acetylenes is 1. The lowest BCUT2D eigenvalue weighted by Gasteiger charge is -2.19. The van der Waals surface area contributed by atoms with Crippen molar-refractivity contribution in [2.75, 3.05) is 6.61 Å². The maximum absolute atomic E-state index is 13.4. The van der Waals surface area contributed by atoms with E-state index in [1.807, 2.05) is 33.9 Å². The topological polar surface area (TPSA) is 155 Å². The van der Waals surface area contributed by atoms with Crippen LogP contribution < -0.4 is 5.73 Å². The number of carboxylic acids is 1. The van der Waals surface area contributed by atoms with Gasteiger partial charge in [-0.2, -0.15) is 4.39 Å². The van der Waals surface area contributed by atoms with Gasteiger partial charge in [0.15, 0.2) is 23.1 Å². The van der Waals surface area contributed by atoms with E-state index in [1.165, 1.54) is 12.0 Å². The van der Waals surface area contributed by atoms with Crippen molar-refractivity contribution in [2.24, 2.45) is 21.6 Å². The maximum atomic E-state index is 13.4. The number of nitrogens with zero attached hydrogens (tertiary/aromatic N) is 2. The number of unbranched alkanes of at least 4 members (excludes halogenated alkanes) is 6. The second kappa shape index (κ2) is 26.2. The fraction of sp³-hybridized carbons (Fsp3) is 0.676. The molecule has 0 radical (unpaired) electrons. The second-order valence-corrected chi connectivity index (χ2v) is 11.2. The Morgan fingerprint density at radius 3 is 2.16 bits per heavy atom. The Morgan fingerprint density at radius 1 is 1.16 bits per heavy atom. The summed E-state index contributed by atoms with van der Waals surface area (Å²) in [6, 6.07) is 0. The van der Waals surface area contributed by atoms with Crippen LogP contribution in [0.2, 0.25) is 0 Å². The quantitative estimate of drug-likeness (QED) is 0.0251. The third-order valence-electron chi connectivity index (χ3n) is 6.72. The SMILES string of the molecule is C#CC1(CO)CCC(C)O1.CCC/C=C(F)/N=C(/N)C(N=CC(C)CC)=C(C)C.O=C=C(O)CCCCCCCCC(=O)O. The molecule has 0 bridgehead atoms. The molecule has 1 aliphatic heterocycles. The number of ether oxygens (including phenoxy) is 1. The molecule has 3 unspecified atom stereocenters. The first kappa shape index (κ1) is 42.9. The molecule has 0 saturated carbocycles. The number of carboxylic acid groups (broad SMARTS) is 1. The number of aliphatic carboxylic acids is 1. The highest BCUT2D eigenvalue weighted by Gasteiger charge is 2.35. The molecule has 3 atom stereocenters. The number of halogens is 1. The van der Waals surface area contributed by atoms with Crippen molar-refractivity contribution in [1.29, 1.82) is 0 Å². The number of aliphatic hydroxyl groups is 2. The van der Waals surface area contributed by atoms with Gasteiger partial charge in [0.05, 0.1) is 12.7 Å². The number of amidine groups is 1. The predicted octanol–water partition coefficient (Wildman–Crippen LogP) is 7.38. The van der Waals surface area contributed by atoms with Crippen molar-refractivity contribution in [2.45, 2.75) is 137 Å². The Bertz CT molecular complexity index is 1040. The van der Waals surface area contributed by atoms with E-state index in [4.69, 9.17) is 32.2 Å². The van der Waals surface area contributed by atoms with Crippen LogP contribution in [0.1, 0.15) is 125 Å².